The van der Waals surface area contributed by atoms with Crippen molar-refractivity contribution in [3.05, 3.63) is 70.7 Å². The highest BCUT2D eigenvalue weighted by Crippen LogP contribution is 2.33. The molecule has 0 spiro atoms. The number of nitrogens with one attached hydrogen (secondary N) is 1. The summed E-state index contributed by atoms with van der Waals surface area (Å²) in [7, 11) is 0. The molecular formula is C17H18ClN. The largest absolute Gasteiger partial charge is 0.310 e. The number of rotatable bonds is 3. The van der Waals surface area contributed by atoms with Gasteiger partial charge in [-0.3, -0.25) is 0 Å². The van der Waals surface area contributed by atoms with Crippen molar-refractivity contribution in [1.82, 2.24) is 5.32 Å². The van der Waals surface area contributed by atoms with Gasteiger partial charge in [-0.2, -0.15) is 0 Å². The number of halogens is 1. The average molecular weight is 272 g/mol. The minimum atomic E-state index is 0.430. The maximum Gasteiger partial charge on any atom is 0.0409 e. The highest BCUT2D eigenvalue weighted by molar-refractivity contribution is 6.30. The molecule has 1 aliphatic rings. The van der Waals surface area contributed by atoms with E-state index in [1.165, 1.54) is 17.5 Å². The molecule has 2 heteroatoms. The Hall–Kier alpha value is -1.31. The Kier molecular flexibility index (Phi) is 3.86. The molecule has 98 valence electrons. The van der Waals surface area contributed by atoms with Crippen LogP contribution >= 0.6 is 11.6 Å². The van der Waals surface area contributed by atoms with Crippen molar-refractivity contribution < 1.29 is 0 Å². The van der Waals surface area contributed by atoms with Gasteiger partial charge in [0.1, 0.15) is 0 Å². The molecule has 19 heavy (non-hydrogen) atoms. The van der Waals surface area contributed by atoms with Crippen LogP contribution in [0.15, 0.2) is 54.6 Å². The van der Waals surface area contributed by atoms with Gasteiger partial charge in [-0.05, 0) is 48.6 Å². The fourth-order valence-electron chi connectivity index (χ4n) is 2.98. The van der Waals surface area contributed by atoms with Crippen LogP contribution in [-0.2, 0) is 6.42 Å². The second-order valence-corrected chi connectivity index (χ2v) is 5.66. The highest BCUT2D eigenvalue weighted by Gasteiger charge is 2.28. The molecule has 2 aromatic rings. The Morgan fingerprint density at radius 2 is 1.89 bits per heavy atom. The smallest absolute Gasteiger partial charge is 0.0409 e. The second kappa shape index (κ2) is 5.77. The summed E-state index contributed by atoms with van der Waals surface area (Å²) in [6.45, 7) is 1.09. The Labute approximate surface area is 119 Å². The van der Waals surface area contributed by atoms with E-state index in [0.717, 1.165) is 18.0 Å². The van der Waals surface area contributed by atoms with Crippen LogP contribution in [-0.4, -0.2) is 6.54 Å². The third kappa shape index (κ3) is 2.99. The first-order valence-corrected chi connectivity index (χ1v) is 7.23. The zero-order valence-corrected chi connectivity index (χ0v) is 11.6. The van der Waals surface area contributed by atoms with E-state index >= 15 is 0 Å². The first-order valence-electron chi connectivity index (χ1n) is 6.86. The third-order valence-electron chi connectivity index (χ3n) is 3.90. The lowest BCUT2D eigenvalue weighted by molar-refractivity contribution is 0.460. The zero-order valence-electron chi connectivity index (χ0n) is 10.9. The molecule has 3 rings (SSSR count). The van der Waals surface area contributed by atoms with Crippen molar-refractivity contribution in [3.8, 4) is 0 Å². The van der Waals surface area contributed by atoms with Crippen molar-refractivity contribution in [2.24, 2.45) is 5.92 Å². The maximum atomic E-state index is 6.10. The molecule has 0 aliphatic carbocycles. The van der Waals surface area contributed by atoms with Crippen molar-refractivity contribution in [3.63, 3.8) is 0 Å². The summed E-state index contributed by atoms with van der Waals surface area (Å²) in [5.41, 5.74) is 2.73. The molecule has 2 aromatic carbocycles. The highest BCUT2D eigenvalue weighted by atomic mass is 35.5. The lowest BCUT2D eigenvalue weighted by Crippen LogP contribution is -2.19. The van der Waals surface area contributed by atoms with Gasteiger partial charge in [0.05, 0.1) is 0 Å². The van der Waals surface area contributed by atoms with Crippen LogP contribution in [0.1, 0.15) is 23.6 Å². The van der Waals surface area contributed by atoms with Crippen LogP contribution < -0.4 is 5.32 Å². The van der Waals surface area contributed by atoms with Gasteiger partial charge in [-0.25, -0.2) is 0 Å². The Balaban J connectivity index is 1.78. The zero-order chi connectivity index (χ0) is 13.1. The van der Waals surface area contributed by atoms with Gasteiger partial charge in [0.2, 0.25) is 0 Å². The van der Waals surface area contributed by atoms with Gasteiger partial charge in [-0.1, -0.05) is 54.1 Å². The topological polar surface area (TPSA) is 12.0 Å². The molecule has 0 saturated carbocycles. The average Bonchev–Trinajstić information content (AvgIpc) is 2.88. The molecule has 0 bridgehead atoms. The predicted molar refractivity (Wildman–Crippen MR) is 80.4 cm³/mol. The number of hydrogen-bond acceptors (Lipinski definition) is 1. The van der Waals surface area contributed by atoms with Gasteiger partial charge in [-0.15, -0.1) is 0 Å². The van der Waals surface area contributed by atoms with Gasteiger partial charge >= 0.3 is 0 Å². The standard InChI is InChI=1S/C17H18ClN/c18-16-8-4-7-14(12-16)17-15(9-10-19-17)11-13-5-2-1-3-6-13/h1-8,12,15,17,19H,9-11H2. The van der Waals surface area contributed by atoms with Gasteiger partial charge in [0, 0.05) is 11.1 Å². The quantitative estimate of drug-likeness (QED) is 0.881. The van der Waals surface area contributed by atoms with Crippen molar-refractivity contribution >= 4 is 11.6 Å². The fourth-order valence-corrected chi connectivity index (χ4v) is 3.18. The number of benzene rings is 2. The van der Waals surface area contributed by atoms with E-state index < -0.39 is 0 Å². The van der Waals surface area contributed by atoms with E-state index in [-0.39, 0.29) is 0 Å². The lowest BCUT2D eigenvalue weighted by atomic mass is 9.89. The van der Waals surface area contributed by atoms with Crippen molar-refractivity contribution in [1.29, 1.82) is 0 Å². The molecule has 2 atom stereocenters. The fraction of sp³-hybridized carbons (Fsp3) is 0.294. The second-order valence-electron chi connectivity index (χ2n) is 5.23. The van der Waals surface area contributed by atoms with E-state index in [9.17, 15) is 0 Å². The molecule has 0 radical (unpaired) electrons. The molecule has 0 amide bonds. The minimum absolute atomic E-state index is 0.430. The van der Waals surface area contributed by atoms with Gasteiger partial charge < -0.3 is 5.32 Å². The predicted octanol–water partition coefficient (Wildman–Crippen LogP) is 4.23. The monoisotopic (exact) mass is 271 g/mol. The summed E-state index contributed by atoms with van der Waals surface area (Å²) < 4.78 is 0. The van der Waals surface area contributed by atoms with E-state index in [1.54, 1.807) is 0 Å². The van der Waals surface area contributed by atoms with E-state index in [2.05, 4.69) is 47.8 Å². The molecule has 1 nitrogen and oxygen atoms in total. The van der Waals surface area contributed by atoms with Crippen LogP contribution in [0.5, 0.6) is 0 Å². The molecule has 1 heterocycles. The minimum Gasteiger partial charge on any atom is -0.310 e. The molecule has 1 fully saturated rings. The van der Waals surface area contributed by atoms with Crippen LogP contribution in [0.25, 0.3) is 0 Å². The van der Waals surface area contributed by atoms with Crippen LogP contribution in [0.4, 0.5) is 0 Å². The Bertz CT molecular complexity index is 538. The molecule has 2 unspecified atom stereocenters. The van der Waals surface area contributed by atoms with Gasteiger partial charge in [0.25, 0.3) is 0 Å². The van der Waals surface area contributed by atoms with Crippen LogP contribution in [0, 0.1) is 5.92 Å². The SMILES string of the molecule is Clc1cccc(C2NCCC2Cc2ccccc2)c1. The summed E-state index contributed by atoms with van der Waals surface area (Å²) in [5, 5.41) is 4.44. The first-order chi connectivity index (χ1) is 9.33. The first kappa shape index (κ1) is 12.7. The van der Waals surface area contributed by atoms with Crippen molar-refractivity contribution in [2.45, 2.75) is 18.9 Å². The van der Waals surface area contributed by atoms with E-state index in [1.807, 2.05) is 12.1 Å². The Morgan fingerprint density at radius 1 is 1.05 bits per heavy atom. The summed E-state index contributed by atoms with van der Waals surface area (Å²) in [5.74, 6) is 0.654. The third-order valence-corrected chi connectivity index (χ3v) is 4.13. The number of hydrogen-bond donors (Lipinski definition) is 1. The summed E-state index contributed by atoms with van der Waals surface area (Å²) in [6, 6.07) is 19.4. The summed E-state index contributed by atoms with van der Waals surface area (Å²) in [4.78, 5) is 0. The van der Waals surface area contributed by atoms with Crippen molar-refractivity contribution in [2.75, 3.05) is 6.54 Å². The Morgan fingerprint density at radius 3 is 2.68 bits per heavy atom. The van der Waals surface area contributed by atoms with E-state index in [0.29, 0.717) is 12.0 Å². The molecule has 1 saturated heterocycles. The maximum absolute atomic E-state index is 6.10. The van der Waals surface area contributed by atoms with Gasteiger partial charge in [0.15, 0.2) is 0 Å². The normalized spacial score (nSPS) is 22.6. The molecule has 1 N–H and O–H groups in total. The van der Waals surface area contributed by atoms with Crippen LogP contribution in [0.2, 0.25) is 5.02 Å². The lowest BCUT2D eigenvalue weighted by Gasteiger charge is -2.20. The molecular weight excluding hydrogens is 254 g/mol. The molecule has 0 aromatic heterocycles. The molecule has 1 aliphatic heterocycles. The van der Waals surface area contributed by atoms with E-state index in [4.69, 9.17) is 11.6 Å². The summed E-state index contributed by atoms with van der Waals surface area (Å²) >= 11 is 6.10. The van der Waals surface area contributed by atoms with Crippen LogP contribution in [0.3, 0.4) is 0 Å². The summed E-state index contributed by atoms with van der Waals surface area (Å²) in [6.07, 6.45) is 2.36.